The minimum atomic E-state index is -0.305. The Morgan fingerprint density at radius 3 is 2.78 bits per heavy atom. The molecule has 1 rings (SSSR count). The van der Waals surface area contributed by atoms with Gasteiger partial charge in [0, 0.05) is 44.7 Å². The fraction of sp³-hybridized carbons (Fsp3) is 0.500. The van der Waals surface area contributed by atoms with Crippen LogP contribution in [0, 0.1) is 12.3 Å². The smallest absolute Gasteiger partial charge is 0.310 e. The summed E-state index contributed by atoms with van der Waals surface area (Å²) in [4.78, 5) is 23.1. The van der Waals surface area contributed by atoms with Crippen molar-refractivity contribution in [2.75, 3.05) is 18.1 Å². The van der Waals surface area contributed by atoms with Gasteiger partial charge < -0.3 is 5.32 Å². The number of thioether (sulfide) groups is 1. The molecule has 5 nitrogen and oxygen atoms in total. The molecule has 0 aliphatic carbocycles. The third-order valence-corrected chi connectivity index (χ3v) is 3.40. The summed E-state index contributed by atoms with van der Waals surface area (Å²) in [6.07, 6.45) is 5.14. The summed E-state index contributed by atoms with van der Waals surface area (Å²) in [6.45, 7) is 1.29. The fourth-order valence-corrected chi connectivity index (χ4v) is 1.99. The molecule has 0 bridgehead atoms. The summed E-state index contributed by atoms with van der Waals surface area (Å²) in [6, 6.07) is 1.48. The number of hydrogen-bond acceptors (Lipinski definition) is 4. The van der Waals surface area contributed by atoms with Crippen molar-refractivity contribution in [1.82, 2.24) is 14.5 Å². The molecule has 0 saturated carbocycles. The zero-order valence-electron chi connectivity index (χ0n) is 10.6. The quantitative estimate of drug-likeness (QED) is 0.560. The van der Waals surface area contributed by atoms with Gasteiger partial charge in [0.1, 0.15) is 0 Å². The number of rotatable bonds is 6. The molecule has 0 fully saturated rings. The first-order valence-electron chi connectivity index (χ1n) is 5.55. The van der Waals surface area contributed by atoms with Gasteiger partial charge in [-0.05, 0) is 0 Å². The van der Waals surface area contributed by atoms with Crippen molar-refractivity contribution in [2.24, 2.45) is 14.1 Å². The van der Waals surface area contributed by atoms with Crippen LogP contribution in [0.25, 0.3) is 0 Å². The number of aromatic nitrogens is 2. The molecular formula is C12H17N3O2S. The molecule has 0 amide bonds. The molecule has 6 heteroatoms. The van der Waals surface area contributed by atoms with Crippen LogP contribution in [0.4, 0.5) is 0 Å². The molecule has 0 aliphatic rings. The number of hydrogen-bond donors (Lipinski definition) is 1. The molecule has 1 aromatic heterocycles. The van der Waals surface area contributed by atoms with Crippen LogP contribution >= 0.6 is 11.8 Å². The maximum Gasteiger partial charge on any atom is 0.330 e. The lowest BCUT2D eigenvalue weighted by molar-refractivity contribution is 0.613. The van der Waals surface area contributed by atoms with Crippen molar-refractivity contribution in [3.05, 3.63) is 32.6 Å². The van der Waals surface area contributed by atoms with Crippen LogP contribution in [-0.2, 0) is 20.6 Å². The Morgan fingerprint density at radius 1 is 1.39 bits per heavy atom. The predicted molar refractivity (Wildman–Crippen MR) is 74.8 cm³/mol. The second-order valence-electron chi connectivity index (χ2n) is 3.81. The molecule has 0 atom stereocenters. The lowest BCUT2D eigenvalue weighted by atomic mass is 10.4. The molecule has 1 N–H and O–H groups in total. The Balaban J connectivity index is 2.56. The highest BCUT2D eigenvalue weighted by molar-refractivity contribution is 7.99. The monoisotopic (exact) mass is 267 g/mol. The van der Waals surface area contributed by atoms with Crippen molar-refractivity contribution in [2.45, 2.75) is 6.54 Å². The first kappa shape index (κ1) is 14.6. The van der Waals surface area contributed by atoms with E-state index in [0.717, 1.165) is 16.9 Å². The Morgan fingerprint density at radius 2 is 2.11 bits per heavy atom. The van der Waals surface area contributed by atoms with Gasteiger partial charge in [-0.1, -0.05) is 5.92 Å². The van der Waals surface area contributed by atoms with Crippen LogP contribution < -0.4 is 16.6 Å². The summed E-state index contributed by atoms with van der Waals surface area (Å²) < 4.78 is 2.56. The van der Waals surface area contributed by atoms with Crippen LogP contribution in [0.5, 0.6) is 0 Å². The van der Waals surface area contributed by atoms with E-state index in [9.17, 15) is 9.59 Å². The standard InChI is InChI=1S/C12H17N3O2S/c1-4-6-18-7-5-13-9-10-8-11(16)15(3)12(17)14(10)2/h1,8,13H,5-7,9H2,2-3H3. The van der Waals surface area contributed by atoms with Gasteiger partial charge in [-0.3, -0.25) is 13.9 Å². The van der Waals surface area contributed by atoms with Gasteiger partial charge in [0.25, 0.3) is 5.56 Å². The van der Waals surface area contributed by atoms with Crippen LogP contribution in [0.3, 0.4) is 0 Å². The Hall–Kier alpha value is -1.45. The van der Waals surface area contributed by atoms with E-state index >= 15 is 0 Å². The van der Waals surface area contributed by atoms with Gasteiger partial charge >= 0.3 is 5.69 Å². The highest BCUT2D eigenvalue weighted by Gasteiger charge is 2.04. The molecule has 1 aromatic rings. The largest absolute Gasteiger partial charge is 0.330 e. The van der Waals surface area contributed by atoms with E-state index in [2.05, 4.69) is 11.2 Å². The van der Waals surface area contributed by atoms with E-state index in [1.165, 1.54) is 17.7 Å². The second kappa shape index (κ2) is 7.09. The van der Waals surface area contributed by atoms with E-state index in [1.807, 2.05) is 0 Å². The number of nitrogens with zero attached hydrogens (tertiary/aromatic N) is 2. The summed E-state index contributed by atoms with van der Waals surface area (Å²) in [5.74, 6) is 4.16. The third-order valence-electron chi connectivity index (χ3n) is 2.54. The van der Waals surface area contributed by atoms with Crippen molar-refractivity contribution in [3.63, 3.8) is 0 Å². The van der Waals surface area contributed by atoms with E-state index in [4.69, 9.17) is 6.42 Å². The van der Waals surface area contributed by atoms with Crippen molar-refractivity contribution in [3.8, 4) is 12.3 Å². The SMILES string of the molecule is C#CCSCCNCc1cc(=O)n(C)c(=O)n1C. The molecule has 1 heterocycles. The van der Waals surface area contributed by atoms with Crippen molar-refractivity contribution < 1.29 is 0 Å². The average Bonchev–Trinajstić information content (AvgIpc) is 2.37. The van der Waals surface area contributed by atoms with Gasteiger partial charge in [-0.25, -0.2) is 4.79 Å². The summed E-state index contributed by atoms with van der Waals surface area (Å²) in [5.41, 5.74) is 0.0997. The topological polar surface area (TPSA) is 56.0 Å². The number of terminal acetylenes is 1. The third kappa shape index (κ3) is 3.79. The van der Waals surface area contributed by atoms with Crippen LogP contribution in [0.1, 0.15) is 5.69 Å². The minimum Gasteiger partial charge on any atom is -0.310 e. The van der Waals surface area contributed by atoms with Crippen molar-refractivity contribution >= 4 is 11.8 Å². The predicted octanol–water partition coefficient (Wildman–Crippen LogP) is -0.460. The molecule has 0 radical (unpaired) electrons. The van der Waals surface area contributed by atoms with E-state index in [1.54, 1.807) is 18.8 Å². The molecular weight excluding hydrogens is 250 g/mol. The molecule has 0 unspecified atom stereocenters. The van der Waals surface area contributed by atoms with Gasteiger partial charge in [0.15, 0.2) is 0 Å². The first-order chi connectivity index (χ1) is 8.57. The maximum absolute atomic E-state index is 11.7. The molecule has 18 heavy (non-hydrogen) atoms. The fourth-order valence-electron chi connectivity index (χ4n) is 1.44. The lowest BCUT2D eigenvalue weighted by Gasteiger charge is -2.10. The summed E-state index contributed by atoms with van der Waals surface area (Å²) >= 11 is 1.67. The first-order valence-corrected chi connectivity index (χ1v) is 6.71. The van der Waals surface area contributed by atoms with Gasteiger partial charge in [0.05, 0.1) is 5.75 Å². The van der Waals surface area contributed by atoms with Gasteiger partial charge in [0.2, 0.25) is 0 Å². The minimum absolute atomic E-state index is 0.281. The Labute approximate surface area is 110 Å². The van der Waals surface area contributed by atoms with Gasteiger partial charge in [-0.2, -0.15) is 0 Å². The normalized spacial score (nSPS) is 10.3. The average molecular weight is 267 g/mol. The van der Waals surface area contributed by atoms with E-state index in [0.29, 0.717) is 18.0 Å². The summed E-state index contributed by atoms with van der Waals surface area (Å²) in [7, 11) is 3.13. The van der Waals surface area contributed by atoms with Crippen LogP contribution in [0.15, 0.2) is 15.7 Å². The lowest BCUT2D eigenvalue weighted by Crippen LogP contribution is -2.39. The molecule has 0 aromatic carbocycles. The maximum atomic E-state index is 11.7. The van der Waals surface area contributed by atoms with E-state index < -0.39 is 0 Å². The van der Waals surface area contributed by atoms with Gasteiger partial charge in [-0.15, -0.1) is 18.2 Å². The molecule has 98 valence electrons. The molecule has 0 aliphatic heterocycles. The highest BCUT2D eigenvalue weighted by Crippen LogP contribution is 1.96. The Bertz CT molecular complexity index is 554. The summed E-state index contributed by atoms with van der Waals surface area (Å²) in [5, 5.41) is 3.18. The van der Waals surface area contributed by atoms with Crippen molar-refractivity contribution in [1.29, 1.82) is 0 Å². The molecule has 0 saturated heterocycles. The van der Waals surface area contributed by atoms with Crippen LogP contribution in [-0.4, -0.2) is 27.2 Å². The highest BCUT2D eigenvalue weighted by atomic mass is 32.2. The zero-order chi connectivity index (χ0) is 13.5. The second-order valence-corrected chi connectivity index (χ2v) is 4.91. The molecule has 0 spiro atoms. The Kier molecular flexibility index (Phi) is 5.75. The van der Waals surface area contributed by atoms with Crippen LogP contribution in [0.2, 0.25) is 0 Å². The number of nitrogens with one attached hydrogen (secondary N) is 1. The zero-order valence-corrected chi connectivity index (χ0v) is 11.4. The van der Waals surface area contributed by atoms with E-state index in [-0.39, 0.29) is 11.2 Å².